The third-order valence-electron chi connectivity index (χ3n) is 3.29. The molecule has 112 valence electrons. The van der Waals surface area contributed by atoms with Gasteiger partial charge in [-0.2, -0.15) is 0 Å². The van der Waals surface area contributed by atoms with Crippen molar-refractivity contribution in [2.45, 2.75) is 33.2 Å². The number of anilines is 1. The van der Waals surface area contributed by atoms with E-state index in [1.807, 2.05) is 20.8 Å². The number of nitrogens with one attached hydrogen (secondary N) is 1. The number of ether oxygens (including phenoxy) is 2. The Bertz CT molecular complexity index is 449. The van der Waals surface area contributed by atoms with Crippen molar-refractivity contribution in [3.8, 4) is 11.5 Å². The minimum atomic E-state index is -0.516. The number of rotatable bonds is 7. The Morgan fingerprint density at radius 1 is 1.35 bits per heavy atom. The van der Waals surface area contributed by atoms with Crippen LogP contribution in [-0.2, 0) is 4.79 Å². The van der Waals surface area contributed by atoms with Gasteiger partial charge in [0.05, 0.1) is 19.8 Å². The van der Waals surface area contributed by atoms with E-state index in [1.54, 1.807) is 25.3 Å². The fourth-order valence-corrected chi connectivity index (χ4v) is 1.76. The average Bonchev–Trinajstić information content (AvgIpc) is 2.47. The smallest absolute Gasteiger partial charge is 0.241 e. The molecule has 0 aliphatic heterocycles. The summed E-state index contributed by atoms with van der Waals surface area (Å²) in [4.78, 5) is 12.0. The number of nitrogens with two attached hydrogens (primary N) is 1. The summed E-state index contributed by atoms with van der Waals surface area (Å²) in [6, 6.07) is 4.76. The summed E-state index contributed by atoms with van der Waals surface area (Å²) < 4.78 is 10.7. The second-order valence-corrected chi connectivity index (χ2v) is 4.70. The molecule has 1 rings (SSSR count). The van der Waals surface area contributed by atoms with Crippen LogP contribution in [0.3, 0.4) is 0 Å². The van der Waals surface area contributed by atoms with Crippen LogP contribution in [0.5, 0.6) is 11.5 Å². The zero-order chi connectivity index (χ0) is 15.1. The summed E-state index contributed by atoms with van der Waals surface area (Å²) in [6.45, 7) is 6.43. The van der Waals surface area contributed by atoms with Gasteiger partial charge in [-0.25, -0.2) is 0 Å². The number of carbonyl (C=O) groups is 1. The molecule has 0 aliphatic rings. The second-order valence-electron chi connectivity index (χ2n) is 4.70. The van der Waals surface area contributed by atoms with Crippen LogP contribution in [0.1, 0.15) is 27.2 Å². The van der Waals surface area contributed by atoms with Gasteiger partial charge in [0.15, 0.2) is 11.5 Å². The highest BCUT2D eigenvalue weighted by Gasteiger charge is 2.19. The van der Waals surface area contributed by atoms with Crippen molar-refractivity contribution in [1.29, 1.82) is 0 Å². The Morgan fingerprint density at radius 3 is 2.60 bits per heavy atom. The maximum Gasteiger partial charge on any atom is 0.241 e. The van der Waals surface area contributed by atoms with Gasteiger partial charge in [-0.05, 0) is 25.0 Å². The normalized spacial score (nSPS) is 13.4. The lowest BCUT2D eigenvalue weighted by atomic mass is 9.99. The van der Waals surface area contributed by atoms with Crippen LogP contribution in [0.4, 0.5) is 5.69 Å². The molecular weight excluding hydrogens is 256 g/mol. The van der Waals surface area contributed by atoms with Crippen molar-refractivity contribution in [2.24, 2.45) is 11.7 Å². The first-order valence-electron chi connectivity index (χ1n) is 6.90. The van der Waals surface area contributed by atoms with E-state index in [0.717, 1.165) is 6.42 Å². The summed E-state index contributed by atoms with van der Waals surface area (Å²) in [5.74, 6) is 1.19. The summed E-state index contributed by atoms with van der Waals surface area (Å²) in [5.41, 5.74) is 6.55. The van der Waals surface area contributed by atoms with Crippen LogP contribution in [0, 0.1) is 5.92 Å². The maximum atomic E-state index is 12.0. The Labute approximate surface area is 120 Å². The lowest BCUT2D eigenvalue weighted by molar-refractivity contribution is -0.118. The summed E-state index contributed by atoms with van der Waals surface area (Å²) in [7, 11) is 1.56. The third-order valence-corrected chi connectivity index (χ3v) is 3.29. The van der Waals surface area contributed by atoms with Gasteiger partial charge in [0.25, 0.3) is 0 Å². The van der Waals surface area contributed by atoms with Gasteiger partial charge >= 0.3 is 0 Å². The van der Waals surface area contributed by atoms with Crippen molar-refractivity contribution in [1.82, 2.24) is 0 Å². The first-order chi connectivity index (χ1) is 9.53. The van der Waals surface area contributed by atoms with E-state index in [2.05, 4.69) is 5.32 Å². The highest BCUT2D eigenvalue weighted by molar-refractivity contribution is 5.95. The topological polar surface area (TPSA) is 73.6 Å². The minimum Gasteiger partial charge on any atom is -0.493 e. The molecule has 1 amide bonds. The molecule has 0 radical (unpaired) electrons. The molecule has 2 unspecified atom stereocenters. The maximum absolute atomic E-state index is 12.0. The van der Waals surface area contributed by atoms with E-state index in [-0.39, 0.29) is 11.8 Å². The Kier molecular flexibility index (Phi) is 6.31. The van der Waals surface area contributed by atoms with Crippen molar-refractivity contribution < 1.29 is 14.3 Å². The van der Waals surface area contributed by atoms with E-state index in [1.165, 1.54) is 0 Å². The van der Waals surface area contributed by atoms with Crippen LogP contribution >= 0.6 is 0 Å². The van der Waals surface area contributed by atoms with Gasteiger partial charge in [-0.1, -0.05) is 20.3 Å². The predicted molar refractivity (Wildman–Crippen MR) is 80.2 cm³/mol. The molecule has 0 spiro atoms. The van der Waals surface area contributed by atoms with Crippen molar-refractivity contribution in [3.63, 3.8) is 0 Å². The van der Waals surface area contributed by atoms with E-state index in [9.17, 15) is 4.79 Å². The molecule has 0 heterocycles. The summed E-state index contributed by atoms with van der Waals surface area (Å²) in [6.07, 6.45) is 0.862. The number of amides is 1. The fourth-order valence-electron chi connectivity index (χ4n) is 1.76. The molecule has 2 atom stereocenters. The van der Waals surface area contributed by atoms with E-state index in [0.29, 0.717) is 23.8 Å². The van der Waals surface area contributed by atoms with Gasteiger partial charge < -0.3 is 20.5 Å². The summed E-state index contributed by atoms with van der Waals surface area (Å²) in [5, 5.41) is 2.80. The van der Waals surface area contributed by atoms with Crippen LogP contribution in [0.25, 0.3) is 0 Å². The Morgan fingerprint density at radius 2 is 2.05 bits per heavy atom. The van der Waals surface area contributed by atoms with Crippen LogP contribution in [-0.4, -0.2) is 25.7 Å². The molecule has 5 heteroatoms. The van der Waals surface area contributed by atoms with E-state index >= 15 is 0 Å². The zero-order valence-corrected chi connectivity index (χ0v) is 12.6. The zero-order valence-electron chi connectivity index (χ0n) is 12.6. The molecule has 5 nitrogen and oxygen atoms in total. The van der Waals surface area contributed by atoms with Gasteiger partial charge in [-0.15, -0.1) is 0 Å². The summed E-state index contributed by atoms with van der Waals surface area (Å²) >= 11 is 0. The predicted octanol–water partition coefficient (Wildman–Crippen LogP) is 2.41. The van der Waals surface area contributed by atoms with Crippen molar-refractivity contribution >= 4 is 11.6 Å². The molecule has 0 fully saturated rings. The van der Waals surface area contributed by atoms with Gasteiger partial charge in [0, 0.05) is 11.8 Å². The highest BCUT2D eigenvalue weighted by Crippen LogP contribution is 2.30. The third kappa shape index (κ3) is 4.13. The highest BCUT2D eigenvalue weighted by atomic mass is 16.5. The largest absolute Gasteiger partial charge is 0.493 e. The van der Waals surface area contributed by atoms with Crippen LogP contribution < -0.4 is 20.5 Å². The van der Waals surface area contributed by atoms with Gasteiger partial charge in [0.2, 0.25) is 5.91 Å². The first-order valence-corrected chi connectivity index (χ1v) is 6.90. The first kappa shape index (κ1) is 16.3. The molecule has 0 aromatic heterocycles. The van der Waals surface area contributed by atoms with Gasteiger partial charge in [-0.3, -0.25) is 4.79 Å². The average molecular weight is 280 g/mol. The molecule has 1 aromatic carbocycles. The molecular formula is C15H24N2O3. The minimum absolute atomic E-state index is 0.139. The number of hydrogen-bond acceptors (Lipinski definition) is 4. The molecule has 3 N–H and O–H groups in total. The number of carbonyl (C=O) groups excluding carboxylic acids is 1. The fraction of sp³-hybridized carbons (Fsp3) is 0.533. The SMILES string of the molecule is CCOc1ccc(NC(=O)C(N)C(C)CC)cc1OC. The second kappa shape index (κ2) is 7.75. The van der Waals surface area contributed by atoms with Crippen molar-refractivity contribution in [3.05, 3.63) is 18.2 Å². The van der Waals surface area contributed by atoms with Crippen LogP contribution in [0.15, 0.2) is 18.2 Å². The van der Waals surface area contributed by atoms with Crippen LogP contribution in [0.2, 0.25) is 0 Å². The number of hydrogen-bond donors (Lipinski definition) is 2. The number of methoxy groups -OCH3 is 1. The Hall–Kier alpha value is -1.75. The monoisotopic (exact) mass is 280 g/mol. The molecule has 0 saturated heterocycles. The standard InChI is InChI=1S/C15H24N2O3/c1-5-10(3)14(16)15(18)17-11-7-8-12(20-6-2)13(9-11)19-4/h7-10,14H,5-6,16H2,1-4H3,(H,17,18). The van der Waals surface area contributed by atoms with Gasteiger partial charge in [0.1, 0.15) is 0 Å². The number of benzene rings is 1. The molecule has 0 bridgehead atoms. The lowest BCUT2D eigenvalue weighted by Gasteiger charge is -2.18. The molecule has 20 heavy (non-hydrogen) atoms. The Balaban J connectivity index is 2.80. The van der Waals surface area contributed by atoms with E-state index in [4.69, 9.17) is 15.2 Å². The lowest BCUT2D eigenvalue weighted by Crippen LogP contribution is -2.40. The quantitative estimate of drug-likeness (QED) is 0.804. The molecule has 0 saturated carbocycles. The molecule has 0 aliphatic carbocycles. The molecule has 1 aromatic rings. The van der Waals surface area contributed by atoms with E-state index < -0.39 is 6.04 Å². The van der Waals surface area contributed by atoms with Crippen molar-refractivity contribution in [2.75, 3.05) is 19.0 Å².